The standard InChI is InChI=1S/C37H43N3O3.CO2/c1-4-27-11-10-12-28(5-2)34(27)39-36(41)33-31(6-3)37(20-19-32(33)43-37)35(38-30-13-8-7-9-14-30)29-17-15-26(16-18-29)25-40-21-23-42-24-22-40;2-1-3/h7-20,32,35,38H,4-6,21-25H2,1-3H3,(H,39,41);. The molecular weight excluding hydrogens is 578 g/mol. The summed E-state index contributed by atoms with van der Waals surface area (Å²) in [7, 11) is 0. The van der Waals surface area contributed by atoms with Gasteiger partial charge in [-0.1, -0.05) is 87.5 Å². The average Bonchev–Trinajstić information content (AvgIpc) is 3.67. The van der Waals surface area contributed by atoms with Crippen LogP contribution < -0.4 is 10.6 Å². The van der Waals surface area contributed by atoms with Crippen molar-refractivity contribution >= 4 is 23.4 Å². The van der Waals surface area contributed by atoms with E-state index in [0.717, 1.165) is 84.9 Å². The highest BCUT2D eigenvalue weighted by molar-refractivity contribution is 6.07. The minimum absolute atomic E-state index is 0.0667. The monoisotopic (exact) mass is 621 g/mol. The normalized spacial score (nSPS) is 20.9. The van der Waals surface area contributed by atoms with Crippen molar-refractivity contribution in [3.05, 3.63) is 118 Å². The molecule has 0 spiro atoms. The molecule has 240 valence electrons. The zero-order chi connectivity index (χ0) is 32.5. The van der Waals surface area contributed by atoms with Crippen LogP contribution in [0.15, 0.2) is 96.1 Å². The van der Waals surface area contributed by atoms with Crippen LogP contribution in [0.3, 0.4) is 0 Å². The van der Waals surface area contributed by atoms with Gasteiger partial charge in [0.2, 0.25) is 0 Å². The molecule has 3 heterocycles. The zero-order valence-electron chi connectivity index (χ0n) is 26.9. The second kappa shape index (κ2) is 15.3. The molecule has 8 nitrogen and oxygen atoms in total. The first-order valence-electron chi connectivity index (χ1n) is 16.2. The number of rotatable bonds is 11. The number of hydrogen-bond donors (Lipinski definition) is 2. The van der Waals surface area contributed by atoms with Crippen molar-refractivity contribution in [1.82, 2.24) is 4.90 Å². The first kappa shape index (κ1) is 33.0. The number of carbonyl (C=O) groups is 1. The molecule has 1 amide bonds. The summed E-state index contributed by atoms with van der Waals surface area (Å²) in [6.45, 7) is 10.8. The zero-order valence-corrected chi connectivity index (χ0v) is 26.9. The second-order valence-corrected chi connectivity index (χ2v) is 11.7. The van der Waals surface area contributed by atoms with Gasteiger partial charge in [0.1, 0.15) is 11.7 Å². The van der Waals surface area contributed by atoms with Gasteiger partial charge < -0.3 is 20.1 Å². The molecule has 3 atom stereocenters. The van der Waals surface area contributed by atoms with Crippen LogP contribution in [-0.4, -0.2) is 55.0 Å². The van der Waals surface area contributed by atoms with E-state index in [-0.39, 0.29) is 24.2 Å². The molecule has 3 aromatic rings. The van der Waals surface area contributed by atoms with E-state index in [0.29, 0.717) is 6.42 Å². The molecule has 3 aromatic carbocycles. The number of morpholine rings is 1. The van der Waals surface area contributed by atoms with Gasteiger partial charge >= 0.3 is 6.15 Å². The van der Waals surface area contributed by atoms with Crippen molar-refractivity contribution < 1.29 is 23.9 Å². The van der Waals surface area contributed by atoms with Crippen LogP contribution in [0, 0.1) is 0 Å². The van der Waals surface area contributed by atoms with Crippen molar-refractivity contribution in [2.45, 2.75) is 64.3 Å². The van der Waals surface area contributed by atoms with Gasteiger partial charge in [-0.3, -0.25) is 9.69 Å². The minimum Gasteiger partial charge on any atom is -0.379 e. The Morgan fingerprint density at radius 2 is 1.57 bits per heavy atom. The lowest BCUT2D eigenvalue weighted by atomic mass is 9.77. The summed E-state index contributed by atoms with van der Waals surface area (Å²) in [4.78, 5) is 32.8. The number of hydrogen-bond acceptors (Lipinski definition) is 7. The molecule has 0 aromatic heterocycles. The molecule has 2 N–H and O–H groups in total. The molecule has 1 fully saturated rings. The van der Waals surface area contributed by atoms with Gasteiger partial charge in [-0.15, -0.1) is 0 Å². The fraction of sp³-hybridized carbons (Fsp3) is 0.368. The highest BCUT2D eigenvalue weighted by Gasteiger charge is 2.54. The number of amides is 1. The van der Waals surface area contributed by atoms with Crippen LogP contribution in [0.5, 0.6) is 0 Å². The molecule has 0 aliphatic carbocycles. The topological polar surface area (TPSA) is 97.0 Å². The molecule has 3 aliphatic rings. The maximum Gasteiger partial charge on any atom is 0.373 e. The lowest BCUT2D eigenvalue weighted by molar-refractivity contribution is -0.191. The maximum atomic E-state index is 14.1. The number of fused-ring (bicyclic) bond motifs is 2. The smallest absolute Gasteiger partial charge is 0.373 e. The van der Waals surface area contributed by atoms with Gasteiger partial charge in [0.05, 0.1) is 24.8 Å². The highest BCUT2D eigenvalue weighted by Crippen LogP contribution is 2.52. The second-order valence-electron chi connectivity index (χ2n) is 11.7. The van der Waals surface area contributed by atoms with E-state index >= 15 is 0 Å². The summed E-state index contributed by atoms with van der Waals surface area (Å²) in [5, 5.41) is 7.12. The number of nitrogens with one attached hydrogen (secondary N) is 2. The van der Waals surface area contributed by atoms with E-state index in [2.05, 4.69) is 103 Å². The summed E-state index contributed by atoms with van der Waals surface area (Å²) in [6, 6.07) is 25.2. The first-order valence-corrected chi connectivity index (χ1v) is 16.2. The van der Waals surface area contributed by atoms with Crippen LogP contribution in [-0.2, 0) is 43.2 Å². The third-order valence-corrected chi connectivity index (χ3v) is 9.09. The molecule has 1 saturated heterocycles. The summed E-state index contributed by atoms with van der Waals surface area (Å²) >= 11 is 0. The summed E-state index contributed by atoms with van der Waals surface area (Å²) in [5.41, 5.74) is 7.66. The predicted octanol–water partition coefficient (Wildman–Crippen LogP) is 6.27. The SMILES string of the molecule is CCC1=C(C(=O)Nc2c(CC)cccc2CC)C2C=CC1(C(Nc1ccccc1)c1ccc(CN3CCOCC3)cc1)O2.O=C=O. The van der Waals surface area contributed by atoms with Crippen molar-refractivity contribution in [1.29, 1.82) is 0 Å². The maximum absolute atomic E-state index is 14.1. The molecule has 8 heteroatoms. The summed E-state index contributed by atoms with van der Waals surface area (Å²) in [6.07, 6.45) is 6.53. The molecule has 3 aliphatic heterocycles. The molecule has 6 rings (SSSR count). The lowest BCUT2D eigenvalue weighted by Gasteiger charge is -2.37. The quantitative estimate of drug-likeness (QED) is 0.244. The van der Waals surface area contributed by atoms with Gasteiger partial charge in [0, 0.05) is 31.0 Å². The average molecular weight is 622 g/mol. The number of carbonyl (C=O) groups excluding carboxylic acids is 3. The molecule has 0 radical (unpaired) electrons. The summed E-state index contributed by atoms with van der Waals surface area (Å²) in [5.74, 6) is -0.0667. The number of aryl methyl sites for hydroxylation is 2. The Morgan fingerprint density at radius 3 is 2.17 bits per heavy atom. The van der Waals surface area contributed by atoms with Crippen LogP contribution in [0.1, 0.15) is 55.5 Å². The van der Waals surface area contributed by atoms with E-state index in [1.807, 2.05) is 18.2 Å². The van der Waals surface area contributed by atoms with Crippen molar-refractivity contribution in [2.75, 3.05) is 36.9 Å². The van der Waals surface area contributed by atoms with Crippen molar-refractivity contribution in [3.63, 3.8) is 0 Å². The predicted molar refractivity (Wildman–Crippen MR) is 178 cm³/mol. The number of nitrogens with zero attached hydrogens (tertiary/aromatic N) is 1. The largest absolute Gasteiger partial charge is 0.379 e. The van der Waals surface area contributed by atoms with Gasteiger partial charge in [0.25, 0.3) is 5.91 Å². The first-order chi connectivity index (χ1) is 22.5. The number of para-hydroxylation sites is 2. The van der Waals surface area contributed by atoms with Gasteiger partial charge in [-0.2, -0.15) is 9.59 Å². The van der Waals surface area contributed by atoms with E-state index in [1.54, 1.807) is 0 Å². The van der Waals surface area contributed by atoms with Crippen LogP contribution in [0.2, 0.25) is 0 Å². The Hall–Kier alpha value is -4.33. The Kier molecular flexibility index (Phi) is 11.0. The van der Waals surface area contributed by atoms with Crippen LogP contribution in [0.25, 0.3) is 0 Å². The minimum atomic E-state index is -0.772. The summed E-state index contributed by atoms with van der Waals surface area (Å²) < 4.78 is 12.4. The van der Waals surface area contributed by atoms with E-state index in [9.17, 15) is 4.79 Å². The van der Waals surface area contributed by atoms with Crippen LogP contribution >= 0.6 is 0 Å². The van der Waals surface area contributed by atoms with E-state index < -0.39 is 5.60 Å². The number of benzene rings is 3. The number of ether oxygens (including phenoxy) is 2. The Bertz CT molecular complexity index is 1570. The Labute approximate surface area is 271 Å². The highest BCUT2D eigenvalue weighted by atomic mass is 16.5. The molecule has 0 saturated carbocycles. The Morgan fingerprint density at radius 1 is 0.913 bits per heavy atom. The molecular formula is C38H43N3O5. The van der Waals surface area contributed by atoms with Gasteiger partial charge in [-0.05, 0) is 65.3 Å². The fourth-order valence-electron chi connectivity index (χ4n) is 6.86. The van der Waals surface area contributed by atoms with E-state index in [4.69, 9.17) is 19.1 Å². The van der Waals surface area contributed by atoms with Crippen molar-refractivity contribution in [3.8, 4) is 0 Å². The Balaban J connectivity index is 0.00000134. The van der Waals surface area contributed by atoms with Gasteiger partial charge in [-0.25, -0.2) is 0 Å². The molecule has 3 unspecified atom stereocenters. The number of anilines is 2. The van der Waals surface area contributed by atoms with Gasteiger partial charge in [0.15, 0.2) is 0 Å². The third kappa shape index (κ3) is 6.91. The molecule has 46 heavy (non-hydrogen) atoms. The molecule has 2 bridgehead atoms. The fourth-order valence-corrected chi connectivity index (χ4v) is 6.86. The lowest BCUT2D eigenvalue weighted by Crippen LogP contribution is -2.40. The van der Waals surface area contributed by atoms with Crippen LogP contribution in [0.4, 0.5) is 11.4 Å². The third-order valence-electron chi connectivity index (χ3n) is 9.09. The van der Waals surface area contributed by atoms with Crippen molar-refractivity contribution in [2.24, 2.45) is 0 Å². The van der Waals surface area contributed by atoms with E-state index in [1.165, 1.54) is 5.56 Å².